The van der Waals surface area contributed by atoms with Crippen molar-refractivity contribution in [1.29, 1.82) is 5.26 Å². The van der Waals surface area contributed by atoms with Gasteiger partial charge in [0.1, 0.15) is 0 Å². The van der Waals surface area contributed by atoms with Gasteiger partial charge in [0.05, 0.1) is 23.6 Å². The smallest absolute Gasteiger partial charge is 0.232 e. The average molecular weight is 392 g/mol. The molecule has 0 aliphatic rings. The number of aryl methyl sites for hydroxylation is 1. The van der Waals surface area contributed by atoms with E-state index >= 15 is 0 Å². The van der Waals surface area contributed by atoms with Crippen LogP contribution in [0.3, 0.4) is 0 Å². The molecule has 1 N–H and O–H groups in total. The summed E-state index contributed by atoms with van der Waals surface area (Å²) in [6.45, 7) is 1.76. The lowest BCUT2D eigenvalue weighted by molar-refractivity contribution is -0.116. The number of halogens is 1. The maximum absolute atomic E-state index is 12.1. The summed E-state index contributed by atoms with van der Waals surface area (Å²) >= 11 is 5.92. The molecule has 26 heavy (non-hydrogen) atoms. The largest absolute Gasteiger partial charge is 0.326 e. The van der Waals surface area contributed by atoms with Gasteiger partial charge in [-0.05, 0) is 55.0 Å². The molecule has 0 saturated carbocycles. The Morgan fingerprint density at radius 2 is 1.88 bits per heavy atom. The highest BCUT2D eigenvalue weighted by molar-refractivity contribution is 7.92. The van der Waals surface area contributed by atoms with Crippen molar-refractivity contribution in [1.82, 2.24) is 0 Å². The topological polar surface area (TPSA) is 90.3 Å². The standard InChI is InChI=1S/C18H18ClN3O3S/c1-13-11-15(19)5-8-17(13)22(26(2,24)25)10-9-18(23)21-16-6-3-14(12-20)4-7-16/h3-8,11H,9-10H2,1-2H3,(H,21,23). The molecular formula is C18H18ClN3O3S. The fourth-order valence-electron chi connectivity index (χ4n) is 2.42. The molecule has 0 radical (unpaired) electrons. The summed E-state index contributed by atoms with van der Waals surface area (Å²) in [5.41, 5.74) is 2.23. The third-order valence-electron chi connectivity index (χ3n) is 3.67. The van der Waals surface area contributed by atoms with Gasteiger partial charge in [0.25, 0.3) is 0 Å². The van der Waals surface area contributed by atoms with E-state index in [1.165, 1.54) is 4.31 Å². The highest BCUT2D eigenvalue weighted by Crippen LogP contribution is 2.25. The molecular weight excluding hydrogens is 374 g/mol. The second-order valence-electron chi connectivity index (χ2n) is 5.75. The first-order chi connectivity index (χ1) is 12.2. The minimum Gasteiger partial charge on any atom is -0.326 e. The van der Waals surface area contributed by atoms with E-state index in [1.807, 2.05) is 6.07 Å². The van der Waals surface area contributed by atoms with Gasteiger partial charge in [-0.3, -0.25) is 9.10 Å². The Bertz CT molecular complexity index is 951. The van der Waals surface area contributed by atoms with E-state index < -0.39 is 10.0 Å². The molecule has 1 amide bonds. The van der Waals surface area contributed by atoms with Crippen LogP contribution in [-0.2, 0) is 14.8 Å². The maximum Gasteiger partial charge on any atom is 0.232 e. The number of hydrogen-bond acceptors (Lipinski definition) is 4. The van der Waals surface area contributed by atoms with Crippen LogP contribution in [0, 0.1) is 18.3 Å². The van der Waals surface area contributed by atoms with Crippen molar-refractivity contribution < 1.29 is 13.2 Å². The molecule has 0 spiro atoms. The highest BCUT2D eigenvalue weighted by atomic mass is 35.5. The summed E-state index contributed by atoms with van der Waals surface area (Å²) < 4.78 is 25.5. The number of carbonyl (C=O) groups excluding carboxylic acids is 1. The third-order valence-corrected chi connectivity index (χ3v) is 5.08. The number of nitriles is 1. The Kier molecular flexibility index (Phi) is 6.24. The van der Waals surface area contributed by atoms with E-state index in [0.29, 0.717) is 27.5 Å². The van der Waals surface area contributed by atoms with Gasteiger partial charge in [-0.2, -0.15) is 5.26 Å². The third kappa shape index (κ3) is 5.22. The molecule has 0 unspecified atom stereocenters. The maximum atomic E-state index is 12.1. The Morgan fingerprint density at radius 3 is 2.42 bits per heavy atom. The number of benzene rings is 2. The molecule has 2 aromatic carbocycles. The monoisotopic (exact) mass is 391 g/mol. The number of rotatable bonds is 6. The van der Waals surface area contributed by atoms with Crippen LogP contribution in [-0.4, -0.2) is 27.1 Å². The number of hydrogen-bond donors (Lipinski definition) is 1. The Morgan fingerprint density at radius 1 is 1.23 bits per heavy atom. The Hall–Kier alpha value is -2.56. The lowest BCUT2D eigenvalue weighted by Crippen LogP contribution is -2.33. The summed E-state index contributed by atoms with van der Waals surface area (Å²) in [6.07, 6.45) is 1.08. The van der Waals surface area contributed by atoms with Gasteiger partial charge >= 0.3 is 0 Å². The SMILES string of the molecule is Cc1cc(Cl)ccc1N(CCC(=O)Nc1ccc(C#N)cc1)S(C)(=O)=O. The number of nitrogens with zero attached hydrogens (tertiary/aromatic N) is 2. The van der Waals surface area contributed by atoms with E-state index in [4.69, 9.17) is 16.9 Å². The molecule has 0 aliphatic carbocycles. The van der Waals surface area contributed by atoms with Crippen LogP contribution in [0.1, 0.15) is 17.5 Å². The minimum atomic E-state index is -3.56. The predicted octanol–water partition coefficient (Wildman–Crippen LogP) is 3.31. The summed E-state index contributed by atoms with van der Waals surface area (Å²) in [6, 6.07) is 13.3. The van der Waals surface area contributed by atoms with E-state index in [1.54, 1.807) is 49.4 Å². The molecule has 0 bridgehead atoms. The molecule has 0 aromatic heterocycles. The minimum absolute atomic E-state index is 0.00339. The van der Waals surface area contributed by atoms with Crippen LogP contribution in [0.2, 0.25) is 5.02 Å². The highest BCUT2D eigenvalue weighted by Gasteiger charge is 2.20. The van der Waals surface area contributed by atoms with Crippen LogP contribution < -0.4 is 9.62 Å². The first kappa shape index (κ1) is 19.8. The lowest BCUT2D eigenvalue weighted by atomic mass is 10.2. The van der Waals surface area contributed by atoms with Crippen LogP contribution in [0.25, 0.3) is 0 Å². The van der Waals surface area contributed by atoms with Gasteiger partial charge in [0.2, 0.25) is 15.9 Å². The molecule has 0 heterocycles. The zero-order valence-electron chi connectivity index (χ0n) is 14.4. The van der Waals surface area contributed by atoms with E-state index in [0.717, 1.165) is 6.26 Å². The first-order valence-corrected chi connectivity index (χ1v) is 9.97. The summed E-state index contributed by atoms with van der Waals surface area (Å²) in [7, 11) is -3.56. The molecule has 0 atom stereocenters. The molecule has 6 nitrogen and oxygen atoms in total. The van der Waals surface area contributed by atoms with Crippen molar-refractivity contribution in [2.75, 3.05) is 22.4 Å². The van der Waals surface area contributed by atoms with Gasteiger partial charge in [-0.25, -0.2) is 8.42 Å². The molecule has 0 fully saturated rings. The number of anilines is 2. The summed E-state index contributed by atoms with van der Waals surface area (Å²) in [4.78, 5) is 12.1. The Balaban J connectivity index is 2.09. The fraction of sp³-hybridized carbons (Fsp3) is 0.222. The number of nitrogens with one attached hydrogen (secondary N) is 1. The van der Waals surface area contributed by atoms with Gasteiger partial charge < -0.3 is 5.32 Å². The zero-order valence-corrected chi connectivity index (χ0v) is 15.9. The van der Waals surface area contributed by atoms with Crippen LogP contribution in [0.15, 0.2) is 42.5 Å². The quantitative estimate of drug-likeness (QED) is 0.817. The number of amides is 1. The van der Waals surface area contributed by atoms with Crippen molar-refractivity contribution in [3.8, 4) is 6.07 Å². The normalized spacial score (nSPS) is 10.8. The van der Waals surface area contributed by atoms with E-state index in [9.17, 15) is 13.2 Å². The van der Waals surface area contributed by atoms with Crippen molar-refractivity contribution in [3.05, 3.63) is 58.6 Å². The van der Waals surface area contributed by atoms with Crippen molar-refractivity contribution in [3.63, 3.8) is 0 Å². The fourth-order valence-corrected chi connectivity index (χ4v) is 3.63. The second kappa shape index (κ2) is 8.21. The summed E-state index contributed by atoms with van der Waals surface area (Å²) in [5, 5.41) is 12.0. The van der Waals surface area contributed by atoms with E-state index in [-0.39, 0.29) is 18.9 Å². The van der Waals surface area contributed by atoms with Crippen molar-refractivity contribution in [2.45, 2.75) is 13.3 Å². The van der Waals surface area contributed by atoms with Crippen LogP contribution in [0.4, 0.5) is 11.4 Å². The number of carbonyl (C=O) groups is 1. The molecule has 0 aliphatic heterocycles. The first-order valence-electron chi connectivity index (χ1n) is 7.74. The van der Waals surface area contributed by atoms with Crippen LogP contribution in [0.5, 0.6) is 0 Å². The van der Waals surface area contributed by atoms with E-state index in [2.05, 4.69) is 5.32 Å². The second-order valence-corrected chi connectivity index (χ2v) is 8.10. The molecule has 2 rings (SSSR count). The molecule has 8 heteroatoms. The molecule has 2 aromatic rings. The number of sulfonamides is 1. The van der Waals surface area contributed by atoms with Crippen molar-refractivity contribution in [2.24, 2.45) is 0 Å². The van der Waals surface area contributed by atoms with Crippen molar-refractivity contribution >= 4 is 38.9 Å². The zero-order chi connectivity index (χ0) is 19.3. The van der Waals surface area contributed by atoms with Gasteiger partial charge in [-0.15, -0.1) is 0 Å². The predicted molar refractivity (Wildman–Crippen MR) is 103 cm³/mol. The summed E-state index contributed by atoms with van der Waals surface area (Å²) in [5.74, 6) is -0.324. The average Bonchev–Trinajstić information content (AvgIpc) is 2.56. The molecule has 0 saturated heterocycles. The van der Waals surface area contributed by atoms with Crippen LogP contribution >= 0.6 is 11.6 Å². The van der Waals surface area contributed by atoms with Gasteiger partial charge in [0.15, 0.2) is 0 Å². The Labute approximate surface area is 158 Å². The lowest BCUT2D eigenvalue weighted by Gasteiger charge is -2.24. The van der Waals surface area contributed by atoms with Gasteiger partial charge in [0, 0.05) is 23.7 Å². The van der Waals surface area contributed by atoms with Gasteiger partial charge in [-0.1, -0.05) is 11.6 Å². The molecule has 136 valence electrons.